The highest BCUT2D eigenvalue weighted by Gasteiger charge is 2.24. The summed E-state index contributed by atoms with van der Waals surface area (Å²) in [6.07, 6.45) is 0. The van der Waals surface area contributed by atoms with Gasteiger partial charge in [-0.3, -0.25) is 4.72 Å². The topological polar surface area (TPSA) is 38.0 Å². The predicted octanol–water partition coefficient (Wildman–Crippen LogP) is 8.09. The van der Waals surface area contributed by atoms with Crippen LogP contribution in [-0.2, 0) is 0 Å². The Morgan fingerprint density at radius 3 is 1.53 bits per heavy atom. The van der Waals surface area contributed by atoms with Gasteiger partial charge in [0, 0.05) is 4.90 Å². The Labute approximate surface area is 199 Å². The largest absolute Gasteiger partial charge is 0.322 e. The molecule has 2 nitrogen and oxygen atoms in total. The Morgan fingerprint density at radius 1 is 0.625 bits per heavy atom. The van der Waals surface area contributed by atoms with Gasteiger partial charge in [0.15, 0.2) is 0 Å². The minimum atomic E-state index is -0.147. The Bertz CT molecular complexity index is 952. The second-order valence-electron chi connectivity index (χ2n) is 9.54. The molecule has 0 aliphatic heterocycles. The number of rotatable bonds is 9. The van der Waals surface area contributed by atoms with Crippen molar-refractivity contribution in [2.45, 2.75) is 76.3 Å². The highest BCUT2D eigenvalue weighted by Crippen LogP contribution is 2.39. The van der Waals surface area contributed by atoms with Gasteiger partial charge in [0.05, 0.1) is 12.1 Å². The van der Waals surface area contributed by atoms with Crippen LogP contribution in [0.1, 0.15) is 99.2 Å². The van der Waals surface area contributed by atoms with E-state index in [0.717, 1.165) is 5.56 Å². The van der Waals surface area contributed by atoms with Gasteiger partial charge in [-0.1, -0.05) is 114 Å². The molecule has 3 rings (SSSR count). The van der Waals surface area contributed by atoms with Gasteiger partial charge in [0.1, 0.15) is 0 Å². The molecule has 3 N–H and O–H groups in total. The second kappa shape index (κ2) is 11.2. The molecule has 0 radical (unpaired) electrons. The van der Waals surface area contributed by atoms with Crippen molar-refractivity contribution >= 4 is 11.9 Å². The van der Waals surface area contributed by atoms with E-state index in [1.165, 1.54) is 27.1 Å². The van der Waals surface area contributed by atoms with E-state index in [9.17, 15) is 0 Å². The molecule has 3 aromatic carbocycles. The summed E-state index contributed by atoms with van der Waals surface area (Å²) in [6.45, 7) is 13.7. The van der Waals surface area contributed by atoms with Crippen molar-refractivity contribution < 1.29 is 0 Å². The van der Waals surface area contributed by atoms with Crippen LogP contribution in [-0.4, -0.2) is 0 Å². The summed E-state index contributed by atoms with van der Waals surface area (Å²) in [5, 5.41) is 0. The number of benzene rings is 3. The Kier molecular flexibility index (Phi) is 8.58. The maximum Gasteiger partial charge on any atom is 0.0617 e. The number of nitrogens with two attached hydrogens (primary N) is 1. The first-order valence-electron chi connectivity index (χ1n) is 11.7. The van der Waals surface area contributed by atoms with Gasteiger partial charge in [0.25, 0.3) is 0 Å². The molecule has 0 heterocycles. The lowest BCUT2D eigenvalue weighted by Gasteiger charge is -2.28. The number of hydrogen-bond acceptors (Lipinski definition) is 3. The summed E-state index contributed by atoms with van der Waals surface area (Å²) in [7, 11) is 0. The van der Waals surface area contributed by atoms with Crippen LogP contribution in [0.2, 0.25) is 0 Å². The average molecular weight is 447 g/mol. The van der Waals surface area contributed by atoms with Gasteiger partial charge in [-0.05, 0) is 57.5 Å². The van der Waals surface area contributed by atoms with E-state index < -0.39 is 0 Å². The van der Waals surface area contributed by atoms with Crippen LogP contribution in [0, 0.1) is 0 Å². The lowest BCUT2D eigenvalue weighted by atomic mass is 9.89. The third-order valence-corrected chi connectivity index (χ3v) is 7.12. The molecule has 0 bridgehead atoms. The number of nitrogens with one attached hydrogen (secondary N) is 1. The Morgan fingerprint density at radius 2 is 1.09 bits per heavy atom. The van der Waals surface area contributed by atoms with Gasteiger partial charge in [-0.2, -0.15) is 0 Å². The highest BCUT2D eigenvalue weighted by molar-refractivity contribution is 7.97. The van der Waals surface area contributed by atoms with Crippen molar-refractivity contribution in [2.24, 2.45) is 5.73 Å². The average Bonchev–Trinajstić information content (AvgIpc) is 2.79. The summed E-state index contributed by atoms with van der Waals surface area (Å²) in [4.78, 5) is 1.35. The fraction of sp³-hybridized carbons (Fsp3) is 0.379. The SMILES string of the molecule is CC(C)c1cc(C(C)C)c(SN[C@@H](c2ccccc2)C(N)c2ccccc2)c(C(C)C)c1. The van der Waals surface area contributed by atoms with Gasteiger partial charge < -0.3 is 5.73 Å². The minimum Gasteiger partial charge on any atom is -0.322 e. The van der Waals surface area contributed by atoms with Crippen molar-refractivity contribution in [3.8, 4) is 0 Å². The van der Waals surface area contributed by atoms with Crippen LogP contribution in [0.3, 0.4) is 0 Å². The molecule has 0 amide bonds. The fourth-order valence-corrected chi connectivity index (χ4v) is 5.36. The van der Waals surface area contributed by atoms with Crippen LogP contribution >= 0.6 is 11.9 Å². The normalized spacial score (nSPS) is 13.7. The van der Waals surface area contributed by atoms with Gasteiger partial charge >= 0.3 is 0 Å². The van der Waals surface area contributed by atoms with Crippen LogP contribution in [0.25, 0.3) is 0 Å². The first kappa shape index (κ1) is 24.6. The van der Waals surface area contributed by atoms with E-state index in [1.807, 2.05) is 6.07 Å². The van der Waals surface area contributed by atoms with E-state index in [0.29, 0.717) is 17.8 Å². The standard InChI is InChI=1S/C29H38N2S/c1-19(2)24-17-25(20(3)4)29(26(18-24)21(5)6)32-31-28(23-15-11-8-12-16-23)27(30)22-13-9-7-10-14-22/h7-21,27-28,31H,30H2,1-6H3/t27?,28-/m0/s1. The quantitative estimate of drug-likeness (QED) is 0.326. The second-order valence-corrected chi connectivity index (χ2v) is 10.4. The zero-order chi connectivity index (χ0) is 23.3. The molecule has 0 fully saturated rings. The fourth-order valence-electron chi connectivity index (χ4n) is 4.01. The molecule has 1 unspecified atom stereocenters. The van der Waals surface area contributed by atoms with Crippen molar-refractivity contribution in [2.75, 3.05) is 0 Å². The lowest BCUT2D eigenvalue weighted by molar-refractivity contribution is 0.542. The molecule has 2 atom stereocenters. The van der Waals surface area contributed by atoms with Crippen molar-refractivity contribution in [3.63, 3.8) is 0 Å². The minimum absolute atomic E-state index is 0.00611. The van der Waals surface area contributed by atoms with Crippen molar-refractivity contribution in [3.05, 3.63) is 101 Å². The summed E-state index contributed by atoms with van der Waals surface area (Å²) in [5.41, 5.74) is 13.4. The lowest BCUT2D eigenvalue weighted by Crippen LogP contribution is -2.28. The molecule has 0 aromatic heterocycles. The molecule has 3 heteroatoms. The van der Waals surface area contributed by atoms with Gasteiger partial charge in [-0.15, -0.1) is 0 Å². The predicted molar refractivity (Wildman–Crippen MR) is 140 cm³/mol. The Balaban J connectivity index is 2.00. The Hall–Kier alpha value is -2.07. The van der Waals surface area contributed by atoms with E-state index in [-0.39, 0.29) is 12.1 Å². The smallest absolute Gasteiger partial charge is 0.0617 e. The van der Waals surface area contributed by atoms with Gasteiger partial charge in [0.2, 0.25) is 0 Å². The molecule has 32 heavy (non-hydrogen) atoms. The van der Waals surface area contributed by atoms with Crippen molar-refractivity contribution in [1.82, 2.24) is 4.72 Å². The molecule has 0 saturated heterocycles. The van der Waals surface area contributed by atoms with Gasteiger partial charge in [-0.25, -0.2) is 0 Å². The van der Waals surface area contributed by atoms with Crippen LogP contribution in [0.4, 0.5) is 0 Å². The zero-order valence-electron chi connectivity index (χ0n) is 20.3. The van der Waals surface area contributed by atoms with Crippen LogP contribution in [0.15, 0.2) is 77.7 Å². The van der Waals surface area contributed by atoms with E-state index >= 15 is 0 Å². The molecule has 3 aromatic rings. The summed E-state index contributed by atoms with van der Waals surface area (Å²) < 4.78 is 3.78. The van der Waals surface area contributed by atoms with E-state index in [2.05, 4.69) is 113 Å². The molecule has 0 saturated carbocycles. The van der Waals surface area contributed by atoms with E-state index in [1.54, 1.807) is 11.9 Å². The third kappa shape index (κ3) is 5.83. The maximum atomic E-state index is 6.82. The van der Waals surface area contributed by atoms with Crippen LogP contribution in [0.5, 0.6) is 0 Å². The molecule has 0 aliphatic rings. The third-order valence-electron chi connectivity index (χ3n) is 6.07. The molecule has 0 aliphatic carbocycles. The van der Waals surface area contributed by atoms with Crippen LogP contribution < -0.4 is 10.5 Å². The molecular weight excluding hydrogens is 408 g/mol. The summed E-state index contributed by atoms with van der Waals surface area (Å²) in [6, 6.07) is 25.6. The summed E-state index contributed by atoms with van der Waals surface area (Å²) >= 11 is 1.75. The molecule has 170 valence electrons. The molecule has 0 spiro atoms. The maximum absolute atomic E-state index is 6.82. The first-order valence-corrected chi connectivity index (χ1v) is 12.6. The molecular formula is C29H38N2S. The van der Waals surface area contributed by atoms with Crippen molar-refractivity contribution in [1.29, 1.82) is 0 Å². The monoisotopic (exact) mass is 446 g/mol. The first-order chi connectivity index (χ1) is 15.3. The number of hydrogen-bond donors (Lipinski definition) is 2. The highest BCUT2D eigenvalue weighted by atomic mass is 32.2. The van der Waals surface area contributed by atoms with E-state index in [4.69, 9.17) is 5.73 Å². The summed E-state index contributed by atoms with van der Waals surface area (Å²) in [5.74, 6) is 1.42. The zero-order valence-corrected chi connectivity index (χ0v) is 21.1.